The fourth-order valence-corrected chi connectivity index (χ4v) is 8.67. The Morgan fingerprint density at radius 3 is 2.30 bits per heavy atom. The molecule has 1 spiro atoms. The standard InChI is InChI=1S/C44H69NO12/c1-9-31-13-15-38(27(5)20-25(3)30(8)46)55-43(54)34-12-10-11-17-45(34)42(53)41(52)44-39(57-44)16-14-33(56-44)23-37(50)29(7)36(49)22-32(47)21-35(48)26(4)18-24(2)19-28(6)40(31)51/h13,18,20,24-25,28-29,32-40,47-51H,9-12,14-17,19,21-23H2,1-8H3/b26-18+,27-20+,31-13+. The minimum absolute atomic E-state index is 0.0123. The number of hydrogen-bond donors (Lipinski definition) is 5. The minimum Gasteiger partial charge on any atom is -0.456 e. The van der Waals surface area contributed by atoms with E-state index in [1.54, 1.807) is 33.8 Å². The number of Topliss-reactive ketones (excluding diaryl/α,β-unsaturated/α-hetero) is 2. The molecule has 0 aromatic carbocycles. The van der Waals surface area contributed by atoms with Crippen LogP contribution in [0.1, 0.15) is 126 Å². The molecule has 4 heterocycles. The first-order valence-corrected chi connectivity index (χ1v) is 21.2. The van der Waals surface area contributed by atoms with Gasteiger partial charge in [-0.1, -0.05) is 52.8 Å². The number of rotatable bonds is 4. The summed E-state index contributed by atoms with van der Waals surface area (Å²) in [7, 11) is 0. The van der Waals surface area contributed by atoms with Gasteiger partial charge in [0, 0.05) is 31.2 Å². The third-order valence-electron chi connectivity index (χ3n) is 12.7. The minimum atomic E-state index is -1.82. The van der Waals surface area contributed by atoms with Crippen molar-refractivity contribution < 1.29 is 58.9 Å². The summed E-state index contributed by atoms with van der Waals surface area (Å²) in [5, 5.41) is 55.4. The summed E-state index contributed by atoms with van der Waals surface area (Å²) in [5.74, 6) is -5.71. The molecule has 3 saturated heterocycles. The monoisotopic (exact) mass is 803 g/mol. The van der Waals surface area contributed by atoms with Crippen LogP contribution >= 0.6 is 0 Å². The normalized spacial score (nSPS) is 41.2. The van der Waals surface area contributed by atoms with Crippen LogP contribution in [-0.2, 0) is 33.4 Å². The fraction of sp³-hybridized carbons (Fsp3) is 0.773. The van der Waals surface area contributed by atoms with E-state index in [9.17, 15) is 44.7 Å². The van der Waals surface area contributed by atoms with E-state index in [0.29, 0.717) is 49.7 Å². The zero-order valence-electron chi connectivity index (χ0n) is 35.3. The summed E-state index contributed by atoms with van der Waals surface area (Å²) in [6, 6.07) is -1.04. The van der Waals surface area contributed by atoms with Gasteiger partial charge in [0.25, 0.3) is 17.5 Å². The Morgan fingerprint density at radius 2 is 1.63 bits per heavy atom. The fourth-order valence-electron chi connectivity index (χ4n) is 8.67. The average Bonchev–Trinajstić information content (AvgIpc) is 3.90. The zero-order valence-corrected chi connectivity index (χ0v) is 35.3. The number of esters is 1. The number of allylic oxidation sites excluding steroid dienone is 2. The first-order chi connectivity index (χ1) is 26.8. The highest BCUT2D eigenvalue weighted by atomic mass is 16.8. The first-order valence-electron chi connectivity index (χ1n) is 21.2. The van der Waals surface area contributed by atoms with Crippen molar-refractivity contribution in [1.29, 1.82) is 0 Å². The van der Waals surface area contributed by atoms with Gasteiger partial charge in [-0.25, -0.2) is 4.79 Å². The maximum absolute atomic E-state index is 14.1. The first kappa shape index (κ1) is 46.9. The van der Waals surface area contributed by atoms with Crippen LogP contribution in [0.2, 0.25) is 0 Å². The maximum atomic E-state index is 14.1. The molecule has 14 unspecified atom stereocenters. The van der Waals surface area contributed by atoms with Gasteiger partial charge in [-0.3, -0.25) is 14.4 Å². The Labute approximate surface area is 338 Å². The van der Waals surface area contributed by atoms with Crippen molar-refractivity contribution in [1.82, 2.24) is 4.90 Å². The zero-order chi connectivity index (χ0) is 42.4. The van der Waals surface area contributed by atoms with Crippen LogP contribution in [-0.4, -0.2) is 121 Å². The maximum Gasteiger partial charge on any atom is 0.329 e. The second-order valence-corrected chi connectivity index (χ2v) is 17.5. The van der Waals surface area contributed by atoms with E-state index in [1.165, 1.54) is 11.8 Å². The van der Waals surface area contributed by atoms with Gasteiger partial charge in [-0.15, -0.1) is 0 Å². The van der Waals surface area contributed by atoms with Crippen molar-refractivity contribution in [3.63, 3.8) is 0 Å². The molecule has 13 nitrogen and oxygen atoms in total. The third-order valence-corrected chi connectivity index (χ3v) is 12.7. The molecule has 57 heavy (non-hydrogen) atoms. The molecule has 0 aliphatic carbocycles. The molecule has 13 heteroatoms. The Balaban J connectivity index is 1.67. The largest absolute Gasteiger partial charge is 0.456 e. The quantitative estimate of drug-likeness (QED) is 0.117. The lowest BCUT2D eigenvalue weighted by Crippen LogP contribution is -2.55. The van der Waals surface area contributed by atoms with Crippen LogP contribution in [0.5, 0.6) is 0 Å². The lowest BCUT2D eigenvalue weighted by atomic mass is 9.86. The van der Waals surface area contributed by atoms with Crippen molar-refractivity contribution in [2.24, 2.45) is 23.7 Å². The Kier molecular flexibility index (Phi) is 16.8. The smallest absolute Gasteiger partial charge is 0.329 e. The van der Waals surface area contributed by atoms with Gasteiger partial charge < -0.3 is 44.6 Å². The molecular formula is C44H69NO12. The topological polar surface area (TPSA) is 204 Å². The van der Waals surface area contributed by atoms with Crippen molar-refractivity contribution in [2.75, 3.05) is 6.54 Å². The number of cyclic esters (lactones) is 1. The number of carbonyl (C=O) groups excluding carboxylic acids is 4. The lowest BCUT2D eigenvalue weighted by molar-refractivity contribution is -0.173. The van der Waals surface area contributed by atoms with Gasteiger partial charge in [0.05, 0.1) is 36.6 Å². The number of hydrogen-bond acceptors (Lipinski definition) is 12. The number of amides is 1. The molecule has 3 fully saturated rings. The Hall–Kier alpha value is -2.78. The van der Waals surface area contributed by atoms with Crippen LogP contribution in [0, 0.1) is 23.7 Å². The van der Waals surface area contributed by atoms with Crippen molar-refractivity contribution in [2.45, 2.75) is 187 Å². The highest BCUT2D eigenvalue weighted by Crippen LogP contribution is 2.48. The molecule has 0 aromatic rings. The molecule has 322 valence electrons. The number of aliphatic hydroxyl groups excluding tert-OH is 5. The van der Waals surface area contributed by atoms with Crippen LogP contribution < -0.4 is 0 Å². The number of fused-ring (bicyclic) bond motifs is 2. The number of aliphatic hydroxyl groups is 5. The molecule has 0 aromatic heterocycles. The molecule has 0 radical (unpaired) electrons. The molecule has 14 atom stereocenters. The number of ether oxygens (including phenoxy) is 3. The SMILES string of the molecule is CC/C1=C\CC(/C(C)=C/C(C)C(C)=O)OC(=O)C2CCCCN2C(=O)C(=O)C23OC(CCC2O3)CC(O)C(C)C(O)CC(O)CC(O)/C(C)=C/C(C)CC(C)C1O. The van der Waals surface area contributed by atoms with Gasteiger partial charge >= 0.3 is 5.97 Å². The second-order valence-electron chi connectivity index (χ2n) is 17.5. The van der Waals surface area contributed by atoms with E-state index in [2.05, 4.69) is 0 Å². The van der Waals surface area contributed by atoms with E-state index in [0.717, 1.165) is 5.57 Å². The number of piperidine rings is 1. The predicted octanol–water partition coefficient (Wildman–Crippen LogP) is 4.25. The van der Waals surface area contributed by atoms with E-state index in [4.69, 9.17) is 14.2 Å². The molecule has 4 aliphatic rings. The van der Waals surface area contributed by atoms with Crippen molar-refractivity contribution in [3.05, 3.63) is 34.9 Å². The second kappa shape index (κ2) is 20.5. The van der Waals surface area contributed by atoms with E-state index < -0.39 is 90.2 Å². The van der Waals surface area contributed by atoms with Gasteiger partial charge in [0.15, 0.2) is 0 Å². The highest BCUT2D eigenvalue weighted by Gasteiger charge is 2.69. The van der Waals surface area contributed by atoms with Crippen LogP contribution in [0.15, 0.2) is 34.9 Å². The third kappa shape index (κ3) is 11.9. The van der Waals surface area contributed by atoms with Crippen LogP contribution in [0.25, 0.3) is 0 Å². The van der Waals surface area contributed by atoms with Gasteiger partial charge in [-0.2, -0.15) is 0 Å². The van der Waals surface area contributed by atoms with E-state index in [1.807, 2.05) is 32.9 Å². The number of nitrogens with zero attached hydrogens (tertiary/aromatic N) is 1. The summed E-state index contributed by atoms with van der Waals surface area (Å²) in [5.41, 5.74) is 2.06. The molecule has 5 N–H and O–H groups in total. The predicted molar refractivity (Wildman–Crippen MR) is 212 cm³/mol. The number of ketones is 2. The molecule has 1 amide bonds. The molecule has 2 bridgehead atoms. The summed E-state index contributed by atoms with van der Waals surface area (Å²) in [6.45, 7) is 14.5. The summed E-state index contributed by atoms with van der Waals surface area (Å²) in [6.07, 6.45) is 2.09. The Bertz CT molecular complexity index is 1520. The molecular weight excluding hydrogens is 734 g/mol. The van der Waals surface area contributed by atoms with Gasteiger partial charge in [-0.05, 0) is 107 Å². The van der Waals surface area contributed by atoms with Gasteiger partial charge in [0.1, 0.15) is 24.0 Å². The van der Waals surface area contributed by atoms with Crippen molar-refractivity contribution in [3.8, 4) is 0 Å². The van der Waals surface area contributed by atoms with Crippen LogP contribution in [0.3, 0.4) is 0 Å². The lowest BCUT2D eigenvalue weighted by Gasteiger charge is -2.36. The van der Waals surface area contributed by atoms with Gasteiger partial charge in [0.2, 0.25) is 0 Å². The van der Waals surface area contributed by atoms with Crippen molar-refractivity contribution >= 4 is 23.4 Å². The molecule has 4 aliphatic heterocycles. The molecule has 4 rings (SSSR count). The highest BCUT2D eigenvalue weighted by molar-refractivity contribution is 6.40. The van der Waals surface area contributed by atoms with E-state index in [-0.39, 0.29) is 56.3 Å². The molecule has 0 saturated carbocycles. The van der Waals surface area contributed by atoms with Crippen LogP contribution in [0.4, 0.5) is 0 Å². The van der Waals surface area contributed by atoms with E-state index >= 15 is 0 Å². The summed E-state index contributed by atoms with van der Waals surface area (Å²) in [4.78, 5) is 55.4. The summed E-state index contributed by atoms with van der Waals surface area (Å²) < 4.78 is 18.0. The average molecular weight is 804 g/mol. The number of carbonyl (C=O) groups is 4. The summed E-state index contributed by atoms with van der Waals surface area (Å²) >= 11 is 0. The Morgan fingerprint density at radius 1 is 0.947 bits per heavy atom. The number of epoxide rings is 1.